The van der Waals surface area contributed by atoms with Gasteiger partial charge in [-0.15, -0.1) is 0 Å². The highest BCUT2D eigenvalue weighted by Crippen LogP contribution is 2.16. The van der Waals surface area contributed by atoms with Gasteiger partial charge in [0.25, 0.3) is 5.56 Å². The molecule has 1 unspecified atom stereocenters. The van der Waals surface area contributed by atoms with Gasteiger partial charge in [-0.25, -0.2) is 0 Å². The van der Waals surface area contributed by atoms with Gasteiger partial charge in [0.05, 0.1) is 17.0 Å². The number of H-pyrrole nitrogens is 1. The van der Waals surface area contributed by atoms with Crippen LogP contribution in [0.5, 0.6) is 0 Å². The van der Waals surface area contributed by atoms with Crippen LogP contribution in [0.25, 0.3) is 10.9 Å². The minimum atomic E-state index is -0.253. The molecular formula is C23H26N4O3S. The summed E-state index contributed by atoms with van der Waals surface area (Å²) in [6.07, 6.45) is 0.711. The number of carbonyl (C=O) groups excluding carboxylic acids is 1. The number of amides is 1. The van der Waals surface area contributed by atoms with Crippen LogP contribution >= 0.6 is 12.2 Å². The predicted molar refractivity (Wildman–Crippen MR) is 122 cm³/mol. The lowest BCUT2D eigenvalue weighted by atomic mass is 10.1. The molecule has 1 fully saturated rings. The number of β-amino-alcohol motifs (C(OH)–C–C–N with tert-alkyl or cyclic N) is 1. The monoisotopic (exact) mass is 438 g/mol. The van der Waals surface area contributed by atoms with Crippen molar-refractivity contribution < 1.29 is 9.90 Å². The summed E-state index contributed by atoms with van der Waals surface area (Å²) in [5.74, 6) is -0.138. The van der Waals surface area contributed by atoms with E-state index in [9.17, 15) is 14.7 Å². The maximum Gasteiger partial charge on any atom is 0.262 e. The number of hydrogen-bond donors (Lipinski definition) is 3. The summed E-state index contributed by atoms with van der Waals surface area (Å²) in [5, 5.41) is 13.2. The Hall–Kier alpha value is -2.81. The first-order valence-electron chi connectivity index (χ1n) is 10.5. The third kappa shape index (κ3) is 5.10. The average molecular weight is 439 g/mol. The Labute approximate surface area is 185 Å². The van der Waals surface area contributed by atoms with Crippen LogP contribution in [-0.4, -0.2) is 44.7 Å². The molecule has 162 valence electrons. The molecule has 1 aliphatic heterocycles. The Morgan fingerprint density at radius 3 is 2.68 bits per heavy atom. The molecule has 0 aliphatic carbocycles. The van der Waals surface area contributed by atoms with Crippen LogP contribution in [0.2, 0.25) is 0 Å². The molecule has 1 aromatic heterocycles. The van der Waals surface area contributed by atoms with Crippen LogP contribution in [0.1, 0.15) is 24.0 Å². The lowest BCUT2D eigenvalue weighted by Gasteiger charge is -2.18. The normalized spacial score (nSPS) is 16.6. The number of rotatable bonds is 7. The molecule has 4 rings (SSSR count). The quantitative estimate of drug-likeness (QED) is 0.493. The van der Waals surface area contributed by atoms with Gasteiger partial charge in [-0.05, 0) is 41.9 Å². The Balaban J connectivity index is 1.37. The molecule has 3 aromatic rings. The molecule has 0 radical (unpaired) electrons. The minimum absolute atomic E-state index is 0.138. The van der Waals surface area contributed by atoms with E-state index < -0.39 is 0 Å². The van der Waals surface area contributed by atoms with Crippen LogP contribution in [0.4, 0.5) is 0 Å². The summed E-state index contributed by atoms with van der Waals surface area (Å²) in [4.78, 5) is 30.4. The summed E-state index contributed by atoms with van der Waals surface area (Å²) in [7, 11) is 0. The highest BCUT2D eigenvalue weighted by molar-refractivity contribution is 7.71. The molecule has 7 nitrogen and oxygen atoms in total. The Morgan fingerprint density at radius 2 is 1.90 bits per heavy atom. The van der Waals surface area contributed by atoms with Gasteiger partial charge in [-0.2, -0.15) is 0 Å². The molecule has 31 heavy (non-hydrogen) atoms. The van der Waals surface area contributed by atoms with Crippen LogP contribution in [0.3, 0.4) is 0 Å². The van der Waals surface area contributed by atoms with Crippen molar-refractivity contribution in [2.45, 2.75) is 38.6 Å². The number of carbonyl (C=O) groups is 1. The van der Waals surface area contributed by atoms with E-state index in [1.54, 1.807) is 12.1 Å². The number of para-hydroxylation sites is 1. The summed E-state index contributed by atoms with van der Waals surface area (Å²) >= 11 is 5.31. The van der Waals surface area contributed by atoms with E-state index in [2.05, 4.69) is 21.3 Å². The third-order valence-corrected chi connectivity index (χ3v) is 6.01. The SMILES string of the molecule is O=C(CCn1c(=S)[nH]c2ccccc2c1=O)NCc1ccccc1CN1CCC(O)C1. The maximum absolute atomic E-state index is 12.7. The van der Waals surface area contributed by atoms with Gasteiger partial charge >= 0.3 is 0 Å². The number of fused-ring (bicyclic) bond motifs is 1. The molecule has 0 spiro atoms. The van der Waals surface area contributed by atoms with E-state index in [1.807, 2.05) is 30.3 Å². The molecule has 8 heteroatoms. The minimum Gasteiger partial charge on any atom is -0.392 e. The van der Waals surface area contributed by atoms with E-state index in [0.717, 1.165) is 30.6 Å². The second-order valence-electron chi connectivity index (χ2n) is 7.91. The average Bonchev–Trinajstić information content (AvgIpc) is 3.17. The smallest absolute Gasteiger partial charge is 0.262 e. The molecule has 0 saturated carbocycles. The second kappa shape index (κ2) is 9.55. The zero-order valence-corrected chi connectivity index (χ0v) is 18.0. The summed E-state index contributed by atoms with van der Waals surface area (Å²) in [6.45, 7) is 2.96. The van der Waals surface area contributed by atoms with Crippen LogP contribution in [0.15, 0.2) is 53.3 Å². The van der Waals surface area contributed by atoms with E-state index >= 15 is 0 Å². The highest BCUT2D eigenvalue weighted by atomic mass is 32.1. The van der Waals surface area contributed by atoms with E-state index in [0.29, 0.717) is 28.8 Å². The van der Waals surface area contributed by atoms with Crippen LogP contribution < -0.4 is 10.9 Å². The standard InChI is InChI=1S/C23H26N4O3S/c28-18-9-11-26(15-18)14-17-6-2-1-5-16(17)13-24-21(29)10-12-27-22(30)19-7-3-4-8-20(19)25-23(27)31/h1-8,18,28H,9-15H2,(H,24,29)(H,25,31). The molecule has 2 aromatic carbocycles. The van der Waals surface area contributed by atoms with Gasteiger partial charge in [0.1, 0.15) is 0 Å². The maximum atomic E-state index is 12.7. The topological polar surface area (TPSA) is 90.4 Å². The van der Waals surface area contributed by atoms with Crippen molar-refractivity contribution in [3.8, 4) is 0 Å². The van der Waals surface area contributed by atoms with Gasteiger partial charge in [-0.3, -0.25) is 19.1 Å². The largest absolute Gasteiger partial charge is 0.392 e. The number of aromatic amines is 1. The molecule has 1 amide bonds. The highest BCUT2D eigenvalue weighted by Gasteiger charge is 2.20. The number of aliphatic hydroxyl groups excluding tert-OH is 1. The fourth-order valence-corrected chi connectivity index (χ4v) is 4.26. The van der Waals surface area contributed by atoms with Crippen LogP contribution in [0, 0.1) is 4.77 Å². The lowest BCUT2D eigenvalue weighted by molar-refractivity contribution is -0.121. The molecule has 0 bridgehead atoms. The number of nitrogens with zero attached hydrogens (tertiary/aromatic N) is 2. The molecule has 1 aliphatic rings. The van der Waals surface area contributed by atoms with Gasteiger partial charge in [-0.1, -0.05) is 36.4 Å². The lowest BCUT2D eigenvalue weighted by Crippen LogP contribution is -2.28. The van der Waals surface area contributed by atoms with Crippen molar-refractivity contribution in [2.75, 3.05) is 13.1 Å². The van der Waals surface area contributed by atoms with Gasteiger partial charge in [0.15, 0.2) is 4.77 Å². The van der Waals surface area contributed by atoms with Crippen molar-refractivity contribution >= 4 is 29.0 Å². The zero-order chi connectivity index (χ0) is 21.8. The Bertz CT molecular complexity index is 1200. The molecule has 2 heterocycles. The van der Waals surface area contributed by atoms with E-state index in [-0.39, 0.29) is 30.5 Å². The van der Waals surface area contributed by atoms with Crippen molar-refractivity contribution in [3.63, 3.8) is 0 Å². The van der Waals surface area contributed by atoms with Crippen LogP contribution in [-0.2, 0) is 24.4 Å². The summed E-state index contributed by atoms with van der Waals surface area (Å²) in [6, 6.07) is 15.2. The number of aliphatic hydroxyl groups is 1. The fraction of sp³-hybridized carbons (Fsp3) is 0.348. The molecule has 1 atom stereocenters. The second-order valence-corrected chi connectivity index (χ2v) is 8.29. The van der Waals surface area contributed by atoms with Crippen molar-refractivity contribution in [2.24, 2.45) is 0 Å². The fourth-order valence-electron chi connectivity index (χ4n) is 3.98. The first-order valence-corrected chi connectivity index (χ1v) is 10.9. The zero-order valence-electron chi connectivity index (χ0n) is 17.2. The van der Waals surface area contributed by atoms with Crippen molar-refractivity contribution in [1.82, 2.24) is 19.8 Å². The van der Waals surface area contributed by atoms with Gasteiger partial charge in [0, 0.05) is 39.1 Å². The Morgan fingerprint density at radius 1 is 1.16 bits per heavy atom. The van der Waals surface area contributed by atoms with E-state index in [4.69, 9.17) is 12.2 Å². The Kier molecular flexibility index (Phi) is 6.60. The van der Waals surface area contributed by atoms with Crippen molar-refractivity contribution in [3.05, 3.63) is 74.8 Å². The summed E-state index contributed by atoms with van der Waals surface area (Å²) < 4.78 is 1.75. The van der Waals surface area contributed by atoms with Crippen molar-refractivity contribution in [1.29, 1.82) is 0 Å². The third-order valence-electron chi connectivity index (χ3n) is 5.69. The summed E-state index contributed by atoms with van der Waals surface area (Å²) in [5.41, 5.74) is 2.70. The number of nitrogens with one attached hydrogen (secondary N) is 2. The molecular weight excluding hydrogens is 412 g/mol. The number of benzene rings is 2. The van der Waals surface area contributed by atoms with E-state index in [1.165, 1.54) is 4.57 Å². The first-order chi connectivity index (χ1) is 15.0. The first kappa shape index (κ1) is 21.4. The van der Waals surface area contributed by atoms with Gasteiger partial charge in [0.2, 0.25) is 5.91 Å². The predicted octanol–water partition coefficient (Wildman–Crippen LogP) is 2.33. The number of likely N-dealkylation sites (tertiary alicyclic amines) is 1. The van der Waals surface area contributed by atoms with Gasteiger partial charge < -0.3 is 15.4 Å². The molecule has 1 saturated heterocycles. The molecule has 3 N–H and O–H groups in total. The number of hydrogen-bond acceptors (Lipinski definition) is 5. The number of aromatic nitrogens is 2.